The molecule has 0 saturated heterocycles. The quantitative estimate of drug-likeness (QED) is 0.694. The van der Waals surface area contributed by atoms with Crippen molar-refractivity contribution in [3.8, 4) is 0 Å². The molecule has 3 nitrogen and oxygen atoms in total. The molecule has 0 aromatic carbocycles. The molecule has 0 spiro atoms. The second-order valence-corrected chi connectivity index (χ2v) is 7.47. The summed E-state index contributed by atoms with van der Waals surface area (Å²) < 4.78 is 0. The van der Waals surface area contributed by atoms with E-state index in [9.17, 15) is 5.11 Å². The molecule has 17 heavy (non-hydrogen) atoms. The van der Waals surface area contributed by atoms with Crippen molar-refractivity contribution in [2.24, 2.45) is 0 Å². The van der Waals surface area contributed by atoms with Gasteiger partial charge in [0.2, 0.25) is 0 Å². The monoisotopic (exact) mass is 242 g/mol. The minimum atomic E-state index is -0.233. The maximum atomic E-state index is 10.2. The summed E-state index contributed by atoms with van der Waals surface area (Å²) in [7, 11) is 0. The highest BCUT2D eigenvalue weighted by molar-refractivity contribution is 4.92. The molecule has 1 rings (SSSR count). The fraction of sp³-hybridized carbons (Fsp3) is 1.00. The van der Waals surface area contributed by atoms with E-state index >= 15 is 0 Å². The van der Waals surface area contributed by atoms with Crippen LogP contribution < -0.4 is 10.6 Å². The number of hydrogen-bond donors (Lipinski definition) is 3. The topological polar surface area (TPSA) is 44.3 Å². The second-order valence-electron chi connectivity index (χ2n) is 7.47. The van der Waals surface area contributed by atoms with Gasteiger partial charge in [0.25, 0.3) is 0 Å². The van der Waals surface area contributed by atoms with E-state index in [4.69, 9.17) is 0 Å². The summed E-state index contributed by atoms with van der Waals surface area (Å²) in [4.78, 5) is 0. The van der Waals surface area contributed by atoms with Gasteiger partial charge in [-0.05, 0) is 60.8 Å². The Labute approximate surface area is 106 Å². The molecule has 1 aliphatic rings. The van der Waals surface area contributed by atoms with E-state index in [0.29, 0.717) is 6.04 Å². The SMILES string of the molecule is CC(C)(C)N[C@@H]1CC[C@@H](NC(C)(C)C)[C@@H](O)C1. The molecule has 0 unspecified atom stereocenters. The van der Waals surface area contributed by atoms with Crippen molar-refractivity contribution in [2.45, 2.75) is 90.1 Å². The number of hydrogen-bond acceptors (Lipinski definition) is 3. The van der Waals surface area contributed by atoms with Crippen molar-refractivity contribution in [1.29, 1.82) is 0 Å². The van der Waals surface area contributed by atoms with Gasteiger partial charge in [0.15, 0.2) is 0 Å². The van der Waals surface area contributed by atoms with Gasteiger partial charge in [-0.25, -0.2) is 0 Å². The Morgan fingerprint density at radius 2 is 1.41 bits per heavy atom. The Hall–Kier alpha value is -0.120. The minimum Gasteiger partial charge on any atom is -0.391 e. The van der Waals surface area contributed by atoms with Crippen LogP contribution in [0.3, 0.4) is 0 Å². The summed E-state index contributed by atoms with van der Waals surface area (Å²) in [6.07, 6.45) is 2.81. The number of aliphatic hydroxyl groups excluding tert-OH is 1. The van der Waals surface area contributed by atoms with Crippen molar-refractivity contribution in [2.75, 3.05) is 0 Å². The fourth-order valence-corrected chi connectivity index (χ4v) is 2.61. The number of nitrogens with one attached hydrogen (secondary N) is 2. The van der Waals surface area contributed by atoms with E-state index in [-0.39, 0.29) is 23.2 Å². The molecule has 3 atom stereocenters. The molecule has 102 valence electrons. The lowest BCUT2D eigenvalue weighted by atomic mass is 9.86. The first-order chi connectivity index (χ1) is 7.57. The summed E-state index contributed by atoms with van der Waals surface area (Å²) in [6.45, 7) is 13.0. The normalized spacial score (nSPS) is 31.6. The van der Waals surface area contributed by atoms with E-state index in [1.54, 1.807) is 0 Å². The zero-order valence-electron chi connectivity index (χ0n) is 12.3. The van der Waals surface area contributed by atoms with Gasteiger partial charge in [0.1, 0.15) is 0 Å². The van der Waals surface area contributed by atoms with Crippen molar-refractivity contribution in [1.82, 2.24) is 10.6 Å². The molecular formula is C14H30N2O. The average molecular weight is 242 g/mol. The van der Waals surface area contributed by atoms with E-state index in [0.717, 1.165) is 19.3 Å². The van der Waals surface area contributed by atoms with E-state index < -0.39 is 0 Å². The van der Waals surface area contributed by atoms with Crippen LogP contribution in [0, 0.1) is 0 Å². The maximum absolute atomic E-state index is 10.2. The third kappa shape index (κ3) is 5.84. The zero-order valence-corrected chi connectivity index (χ0v) is 12.3. The average Bonchev–Trinajstić information content (AvgIpc) is 2.05. The van der Waals surface area contributed by atoms with Gasteiger partial charge in [-0.2, -0.15) is 0 Å². The largest absolute Gasteiger partial charge is 0.391 e. The van der Waals surface area contributed by atoms with Crippen molar-refractivity contribution in [3.05, 3.63) is 0 Å². The molecule has 0 aliphatic heterocycles. The van der Waals surface area contributed by atoms with Crippen LogP contribution in [-0.2, 0) is 0 Å². The van der Waals surface area contributed by atoms with E-state index in [1.165, 1.54) is 0 Å². The van der Waals surface area contributed by atoms with Crippen LogP contribution in [0.5, 0.6) is 0 Å². The van der Waals surface area contributed by atoms with Crippen molar-refractivity contribution < 1.29 is 5.11 Å². The van der Waals surface area contributed by atoms with Crippen LogP contribution in [0.1, 0.15) is 60.8 Å². The third-order valence-electron chi connectivity index (χ3n) is 3.07. The Kier molecular flexibility index (Phi) is 4.61. The summed E-state index contributed by atoms with van der Waals surface area (Å²) in [5.74, 6) is 0. The molecule has 3 heteroatoms. The predicted molar refractivity (Wildman–Crippen MR) is 73.2 cm³/mol. The van der Waals surface area contributed by atoms with Gasteiger partial charge in [-0.1, -0.05) is 0 Å². The fourth-order valence-electron chi connectivity index (χ4n) is 2.61. The second kappa shape index (κ2) is 5.25. The molecule has 0 bridgehead atoms. The van der Waals surface area contributed by atoms with Gasteiger partial charge < -0.3 is 15.7 Å². The van der Waals surface area contributed by atoms with Gasteiger partial charge in [0.05, 0.1) is 6.10 Å². The Bertz CT molecular complexity index is 240. The smallest absolute Gasteiger partial charge is 0.0708 e. The first kappa shape index (κ1) is 14.9. The lowest BCUT2D eigenvalue weighted by molar-refractivity contribution is 0.0586. The molecule has 0 amide bonds. The molecule has 1 fully saturated rings. The molecule has 1 aliphatic carbocycles. The highest BCUT2D eigenvalue weighted by Gasteiger charge is 2.32. The minimum absolute atomic E-state index is 0.0793. The Morgan fingerprint density at radius 1 is 0.882 bits per heavy atom. The molecule has 1 saturated carbocycles. The molecule has 0 aromatic rings. The lowest BCUT2D eigenvalue weighted by Gasteiger charge is -2.40. The van der Waals surface area contributed by atoms with Crippen LogP contribution in [0.25, 0.3) is 0 Å². The summed E-state index contributed by atoms with van der Waals surface area (Å²) in [5.41, 5.74) is 0.213. The van der Waals surface area contributed by atoms with Crippen LogP contribution in [-0.4, -0.2) is 34.4 Å². The standard InChI is InChI=1S/C14H30N2O/c1-13(2,3)15-10-7-8-11(12(17)9-10)16-14(4,5)6/h10-12,15-17H,7-9H2,1-6H3/t10-,11-,12+/m1/s1. The van der Waals surface area contributed by atoms with Gasteiger partial charge in [0, 0.05) is 23.2 Å². The molecular weight excluding hydrogens is 212 g/mol. The highest BCUT2D eigenvalue weighted by atomic mass is 16.3. The van der Waals surface area contributed by atoms with E-state index in [2.05, 4.69) is 52.2 Å². The lowest BCUT2D eigenvalue weighted by Crippen LogP contribution is -2.56. The highest BCUT2D eigenvalue weighted by Crippen LogP contribution is 2.22. The Balaban J connectivity index is 2.45. The zero-order chi connectivity index (χ0) is 13.3. The van der Waals surface area contributed by atoms with Crippen LogP contribution in [0.15, 0.2) is 0 Å². The number of aliphatic hydroxyl groups is 1. The van der Waals surface area contributed by atoms with Gasteiger partial charge in [-0.15, -0.1) is 0 Å². The summed E-state index contributed by atoms with van der Waals surface area (Å²) in [6, 6.07) is 0.691. The summed E-state index contributed by atoms with van der Waals surface area (Å²) in [5, 5.41) is 17.3. The first-order valence-electron chi connectivity index (χ1n) is 6.80. The molecule has 0 radical (unpaired) electrons. The maximum Gasteiger partial charge on any atom is 0.0708 e. The summed E-state index contributed by atoms with van der Waals surface area (Å²) >= 11 is 0. The van der Waals surface area contributed by atoms with Crippen molar-refractivity contribution in [3.63, 3.8) is 0 Å². The predicted octanol–water partition coefficient (Wildman–Crippen LogP) is 2.04. The van der Waals surface area contributed by atoms with Gasteiger partial charge >= 0.3 is 0 Å². The number of rotatable bonds is 2. The molecule has 0 aromatic heterocycles. The Morgan fingerprint density at radius 3 is 1.82 bits per heavy atom. The van der Waals surface area contributed by atoms with Crippen LogP contribution >= 0.6 is 0 Å². The molecule has 0 heterocycles. The van der Waals surface area contributed by atoms with Crippen molar-refractivity contribution >= 4 is 0 Å². The van der Waals surface area contributed by atoms with Gasteiger partial charge in [-0.3, -0.25) is 0 Å². The van der Waals surface area contributed by atoms with E-state index in [1.807, 2.05) is 0 Å². The third-order valence-corrected chi connectivity index (χ3v) is 3.07. The van der Waals surface area contributed by atoms with Crippen LogP contribution in [0.2, 0.25) is 0 Å². The van der Waals surface area contributed by atoms with Crippen LogP contribution in [0.4, 0.5) is 0 Å². The first-order valence-corrected chi connectivity index (χ1v) is 6.80. The molecule has 3 N–H and O–H groups in total.